The van der Waals surface area contributed by atoms with Crippen molar-refractivity contribution in [3.05, 3.63) is 29.3 Å². The van der Waals surface area contributed by atoms with E-state index >= 15 is 0 Å². The Morgan fingerprint density at radius 1 is 1.27 bits per heavy atom. The number of carbonyl (C=O) groups excluding carboxylic acids is 2. The van der Waals surface area contributed by atoms with Gasteiger partial charge >= 0.3 is 11.8 Å². The van der Waals surface area contributed by atoms with Crippen molar-refractivity contribution in [1.29, 1.82) is 0 Å². The first kappa shape index (κ1) is 16.5. The molecule has 120 valence electrons. The second-order valence-electron chi connectivity index (χ2n) is 5.91. The molecule has 5 nitrogen and oxygen atoms in total. The summed E-state index contributed by atoms with van der Waals surface area (Å²) in [6, 6.07) is 6.07. The lowest BCUT2D eigenvalue weighted by molar-refractivity contribution is -0.136. The summed E-state index contributed by atoms with van der Waals surface area (Å²) in [5.41, 5.74) is 2.76. The van der Waals surface area contributed by atoms with Crippen LogP contribution in [0.25, 0.3) is 0 Å². The van der Waals surface area contributed by atoms with Crippen molar-refractivity contribution in [2.75, 3.05) is 25.0 Å². The molecule has 0 unspecified atom stereocenters. The van der Waals surface area contributed by atoms with Crippen molar-refractivity contribution >= 4 is 17.5 Å². The summed E-state index contributed by atoms with van der Waals surface area (Å²) in [5.74, 6) is -1.17. The Morgan fingerprint density at radius 2 is 2.05 bits per heavy atom. The minimum absolute atomic E-state index is 0.350. The first-order valence-corrected chi connectivity index (χ1v) is 7.91. The Hall–Kier alpha value is -1.88. The van der Waals surface area contributed by atoms with Gasteiger partial charge in [0, 0.05) is 18.3 Å². The van der Waals surface area contributed by atoms with Gasteiger partial charge in [-0.2, -0.15) is 0 Å². The average Bonchev–Trinajstić information content (AvgIpc) is 2.95. The summed E-state index contributed by atoms with van der Waals surface area (Å²) < 4.78 is 0. The molecule has 0 aliphatic carbocycles. The van der Waals surface area contributed by atoms with Crippen LogP contribution in [0.15, 0.2) is 18.2 Å². The smallest absolute Gasteiger partial charge is 0.313 e. The predicted octanol–water partition coefficient (Wildman–Crippen LogP) is 1.84. The molecule has 1 atom stereocenters. The fraction of sp³-hybridized carbons (Fsp3) is 0.529. The first-order valence-electron chi connectivity index (χ1n) is 7.91. The summed E-state index contributed by atoms with van der Waals surface area (Å²) in [4.78, 5) is 26.2. The normalized spacial score (nSPS) is 18.2. The molecule has 1 saturated heterocycles. The lowest BCUT2D eigenvalue weighted by Crippen LogP contribution is -2.43. The number of benzene rings is 1. The molecule has 22 heavy (non-hydrogen) atoms. The summed E-state index contributed by atoms with van der Waals surface area (Å²) in [5, 5.41) is 5.42. The van der Waals surface area contributed by atoms with Crippen LogP contribution in [-0.4, -0.2) is 42.4 Å². The van der Waals surface area contributed by atoms with Gasteiger partial charge in [0.05, 0.1) is 0 Å². The molecule has 1 aromatic carbocycles. The zero-order valence-electron chi connectivity index (χ0n) is 13.6. The predicted molar refractivity (Wildman–Crippen MR) is 87.8 cm³/mol. The van der Waals surface area contributed by atoms with Gasteiger partial charge < -0.3 is 10.6 Å². The van der Waals surface area contributed by atoms with Crippen LogP contribution < -0.4 is 10.6 Å². The zero-order valence-corrected chi connectivity index (χ0v) is 13.6. The molecular weight excluding hydrogens is 278 g/mol. The van der Waals surface area contributed by atoms with Crippen molar-refractivity contribution < 1.29 is 9.59 Å². The Kier molecular flexibility index (Phi) is 5.55. The maximum absolute atomic E-state index is 12.0. The number of hydrogen-bond acceptors (Lipinski definition) is 3. The SMILES string of the molecule is CCN1CCC[C@@H]1CNC(=O)C(=O)Nc1ccc(C)cc1C. The molecule has 1 fully saturated rings. The van der Waals surface area contributed by atoms with Crippen molar-refractivity contribution in [2.45, 2.75) is 39.7 Å². The van der Waals surface area contributed by atoms with Crippen molar-refractivity contribution in [2.24, 2.45) is 0 Å². The van der Waals surface area contributed by atoms with Gasteiger partial charge in [-0.15, -0.1) is 0 Å². The summed E-state index contributed by atoms with van der Waals surface area (Å²) in [6.45, 7) is 8.62. The second kappa shape index (κ2) is 7.40. The van der Waals surface area contributed by atoms with Gasteiger partial charge in [0.2, 0.25) is 0 Å². The topological polar surface area (TPSA) is 61.4 Å². The summed E-state index contributed by atoms with van der Waals surface area (Å²) in [7, 11) is 0. The molecule has 1 heterocycles. The highest BCUT2D eigenvalue weighted by Gasteiger charge is 2.24. The molecule has 1 aromatic rings. The quantitative estimate of drug-likeness (QED) is 0.834. The third-order valence-corrected chi connectivity index (χ3v) is 4.24. The van der Waals surface area contributed by atoms with Crippen LogP contribution in [0.2, 0.25) is 0 Å². The van der Waals surface area contributed by atoms with Gasteiger partial charge in [0.25, 0.3) is 0 Å². The molecule has 2 amide bonds. The largest absolute Gasteiger partial charge is 0.346 e. The highest BCUT2D eigenvalue weighted by atomic mass is 16.2. The van der Waals surface area contributed by atoms with Gasteiger partial charge in [-0.25, -0.2) is 0 Å². The molecule has 0 aromatic heterocycles. The average molecular weight is 303 g/mol. The van der Waals surface area contributed by atoms with Crippen molar-refractivity contribution in [1.82, 2.24) is 10.2 Å². The maximum atomic E-state index is 12.0. The number of nitrogens with one attached hydrogen (secondary N) is 2. The van der Waals surface area contributed by atoms with E-state index in [0.717, 1.165) is 37.1 Å². The molecule has 2 rings (SSSR count). The van der Waals surface area contributed by atoms with Gasteiger partial charge in [0.15, 0.2) is 0 Å². The lowest BCUT2D eigenvalue weighted by atomic mass is 10.1. The second-order valence-corrected chi connectivity index (χ2v) is 5.91. The number of likely N-dealkylation sites (N-methyl/N-ethyl adjacent to an activating group) is 1. The van der Waals surface area contributed by atoms with Crippen molar-refractivity contribution in [3.63, 3.8) is 0 Å². The highest BCUT2D eigenvalue weighted by molar-refractivity contribution is 6.39. The number of hydrogen-bond donors (Lipinski definition) is 2. The first-order chi connectivity index (χ1) is 10.5. The van der Waals surface area contributed by atoms with Crippen LogP contribution in [0.1, 0.15) is 30.9 Å². The maximum Gasteiger partial charge on any atom is 0.313 e. The fourth-order valence-electron chi connectivity index (χ4n) is 2.97. The standard InChI is InChI=1S/C17H25N3O2/c1-4-20-9-5-6-14(20)11-18-16(21)17(22)19-15-8-7-12(2)10-13(15)3/h7-8,10,14H,4-6,9,11H2,1-3H3,(H,18,21)(H,19,22)/t14-/m1/s1. The van der Waals surface area contributed by atoms with E-state index < -0.39 is 11.8 Å². The lowest BCUT2D eigenvalue weighted by Gasteiger charge is -2.22. The molecule has 2 N–H and O–H groups in total. The van der Waals surface area contributed by atoms with E-state index in [1.807, 2.05) is 32.0 Å². The van der Waals surface area contributed by atoms with Gasteiger partial charge in [-0.3, -0.25) is 14.5 Å². The number of anilines is 1. The van der Waals surface area contributed by atoms with Crippen LogP contribution in [0.5, 0.6) is 0 Å². The van der Waals surface area contributed by atoms with Gasteiger partial charge in [-0.05, 0) is 51.4 Å². The monoisotopic (exact) mass is 303 g/mol. The van der Waals surface area contributed by atoms with Crippen LogP contribution in [-0.2, 0) is 9.59 Å². The molecule has 5 heteroatoms. The van der Waals surface area contributed by atoms with Gasteiger partial charge in [0.1, 0.15) is 0 Å². The minimum Gasteiger partial charge on any atom is -0.346 e. The third-order valence-electron chi connectivity index (χ3n) is 4.24. The van der Waals surface area contributed by atoms with Crippen LogP contribution in [0.3, 0.4) is 0 Å². The number of nitrogens with zero attached hydrogens (tertiary/aromatic N) is 1. The molecule has 0 spiro atoms. The van der Waals surface area contributed by atoms with Crippen LogP contribution in [0.4, 0.5) is 5.69 Å². The van der Waals surface area contributed by atoms with E-state index in [1.54, 1.807) is 0 Å². The Balaban J connectivity index is 1.85. The Morgan fingerprint density at radius 3 is 2.73 bits per heavy atom. The molecule has 0 radical (unpaired) electrons. The van der Waals surface area contributed by atoms with Crippen molar-refractivity contribution in [3.8, 4) is 0 Å². The van der Waals surface area contributed by atoms with E-state index in [1.165, 1.54) is 0 Å². The van der Waals surface area contributed by atoms with Gasteiger partial charge in [-0.1, -0.05) is 24.6 Å². The van der Waals surface area contributed by atoms with E-state index in [9.17, 15) is 9.59 Å². The summed E-state index contributed by atoms with van der Waals surface area (Å²) in [6.07, 6.45) is 2.23. The number of rotatable bonds is 4. The van der Waals surface area contributed by atoms with E-state index in [0.29, 0.717) is 18.3 Å². The summed E-state index contributed by atoms with van der Waals surface area (Å²) >= 11 is 0. The molecule has 0 saturated carbocycles. The number of amides is 2. The van der Waals surface area contributed by atoms with E-state index in [-0.39, 0.29) is 0 Å². The molecule has 1 aliphatic heterocycles. The van der Waals surface area contributed by atoms with Crippen LogP contribution >= 0.6 is 0 Å². The van der Waals surface area contributed by atoms with E-state index in [4.69, 9.17) is 0 Å². The zero-order chi connectivity index (χ0) is 16.1. The molecule has 1 aliphatic rings. The Labute approximate surface area is 132 Å². The minimum atomic E-state index is -0.604. The third kappa shape index (κ3) is 4.07. The molecule has 0 bridgehead atoms. The molecular formula is C17H25N3O2. The number of aryl methyl sites for hydroxylation is 2. The highest BCUT2D eigenvalue weighted by Crippen LogP contribution is 2.16. The number of carbonyl (C=O) groups is 2. The van der Waals surface area contributed by atoms with E-state index in [2.05, 4.69) is 22.5 Å². The van der Waals surface area contributed by atoms with Crippen LogP contribution in [0, 0.1) is 13.8 Å². The number of likely N-dealkylation sites (tertiary alicyclic amines) is 1. The Bertz CT molecular complexity index is 557. The fourth-order valence-corrected chi connectivity index (χ4v) is 2.97.